The van der Waals surface area contributed by atoms with Crippen LogP contribution in [0, 0.1) is 11.8 Å². The molecule has 0 aromatic heterocycles. The van der Waals surface area contributed by atoms with E-state index in [2.05, 4.69) is 5.32 Å². The molecule has 1 aliphatic rings. The van der Waals surface area contributed by atoms with E-state index in [0.29, 0.717) is 0 Å². The van der Waals surface area contributed by atoms with Crippen LogP contribution in [0.25, 0.3) is 0 Å². The van der Waals surface area contributed by atoms with Crippen LogP contribution >= 0.6 is 0 Å². The van der Waals surface area contributed by atoms with E-state index in [0.717, 1.165) is 0 Å². The van der Waals surface area contributed by atoms with Crippen LogP contribution in [0.3, 0.4) is 0 Å². The third-order valence-corrected chi connectivity index (χ3v) is 2.00. The lowest BCUT2D eigenvalue weighted by Crippen LogP contribution is -2.23. The molecule has 0 aliphatic heterocycles. The minimum Gasteiger partial charge on any atom is -0.481 e. The van der Waals surface area contributed by atoms with E-state index in [4.69, 9.17) is 10.2 Å². The zero-order valence-electron chi connectivity index (χ0n) is 6.65. The van der Waals surface area contributed by atoms with Gasteiger partial charge in [-0.1, -0.05) is 0 Å². The number of aliphatic carboxylic acids is 1. The first kappa shape index (κ1) is 8.99. The van der Waals surface area contributed by atoms with Crippen LogP contribution in [0.5, 0.6) is 0 Å². The molecule has 0 spiro atoms. The van der Waals surface area contributed by atoms with Crippen molar-refractivity contribution in [3.8, 4) is 0 Å². The van der Waals surface area contributed by atoms with Gasteiger partial charge in [0.2, 0.25) is 5.91 Å². The van der Waals surface area contributed by atoms with Crippen LogP contribution < -0.4 is 5.32 Å². The van der Waals surface area contributed by atoms with Crippen molar-refractivity contribution in [1.29, 1.82) is 0 Å². The number of aliphatic hydroxyl groups excluding tert-OH is 1. The largest absolute Gasteiger partial charge is 0.481 e. The number of carbonyl (C=O) groups is 2. The summed E-state index contributed by atoms with van der Waals surface area (Å²) in [7, 11) is 0. The molecule has 0 aromatic carbocycles. The van der Waals surface area contributed by atoms with Gasteiger partial charge in [-0.05, 0) is 0 Å². The average Bonchev–Trinajstić information content (AvgIpc) is 2.57. The molecular weight excluding hydrogens is 162 g/mol. The average molecular weight is 173 g/mol. The smallest absolute Gasteiger partial charge is 0.309 e. The molecule has 0 heterocycles. The summed E-state index contributed by atoms with van der Waals surface area (Å²) in [6, 6.07) is 0. The number of amides is 1. The zero-order chi connectivity index (χ0) is 9.30. The van der Waals surface area contributed by atoms with E-state index >= 15 is 0 Å². The van der Waals surface area contributed by atoms with E-state index in [9.17, 15) is 9.59 Å². The molecule has 1 fully saturated rings. The third-order valence-electron chi connectivity index (χ3n) is 2.00. The highest BCUT2D eigenvalue weighted by Crippen LogP contribution is 2.38. The highest BCUT2D eigenvalue weighted by Gasteiger charge is 2.54. The first-order chi connectivity index (χ1) is 5.54. The van der Waals surface area contributed by atoms with Crippen molar-refractivity contribution in [3.63, 3.8) is 0 Å². The van der Waals surface area contributed by atoms with Crippen molar-refractivity contribution >= 4 is 11.9 Å². The summed E-state index contributed by atoms with van der Waals surface area (Å²) in [6.07, 6.45) is -0.797. The Hall–Kier alpha value is -1.10. The quantitative estimate of drug-likeness (QED) is 0.501. The lowest BCUT2D eigenvalue weighted by molar-refractivity contribution is -0.139. The normalized spacial score (nSPS) is 32.7. The molecule has 1 aliphatic carbocycles. The number of aliphatic hydroxyl groups is 1. The molecule has 0 radical (unpaired) electrons. The molecule has 3 N–H and O–H groups in total. The second kappa shape index (κ2) is 3.10. The first-order valence-corrected chi connectivity index (χ1v) is 3.69. The van der Waals surface area contributed by atoms with Crippen LogP contribution in [-0.2, 0) is 9.59 Å². The molecule has 0 bridgehead atoms. The number of hydrogen-bond donors (Lipinski definition) is 3. The van der Waals surface area contributed by atoms with Gasteiger partial charge in [0.1, 0.15) is 0 Å². The van der Waals surface area contributed by atoms with Crippen molar-refractivity contribution in [2.45, 2.75) is 13.0 Å². The van der Waals surface area contributed by atoms with Crippen molar-refractivity contribution < 1.29 is 19.8 Å². The summed E-state index contributed by atoms with van der Waals surface area (Å²) in [5.74, 6) is -2.22. The Morgan fingerprint density at radius 3 is 2.42 bits per heavy atom. The molecule has 1 amide bonds. The molecular formula is C7H11NO4. The lowest BCUT2D eigenvalue weighted by Gasteiger charge is -1.97. The number of carbonyl (C=O) groups excluding carboxylic acids is 1. The number of carboxylic acids is 1. The minimum atomic E-state index is -1.00. The summed E-state index contributed by atoms with van der Waals surface area (Å²) in [5.41, 5.74) is 0. The van der Waals surface area contributed by atoms with Gasteiger partial charge in [0.05, 0.1) is 12.0 Å². The van der Waals surface area contributed by atoms with Crippen LogP contribution in [0.1, 0.15) is 6.92 Å². The van der Waals surface area contributed by atoms with Crippen LogP contribution in [0.4, 0.5) is 0 Å². The standard InChI is InChI=1S/C7H11NO4/c1-3(9)8-2-4-5(6(4)10)7(11)12/h4-6,10H,2H2,1H3,(H,8,9)(H,11,12). The molecule has 12 heavy (non-hydrogen) atoms. The van der Waals surface area contributed by atoms with Crippen LogP contribution in [-0.4, -0.2) is 34.7 Å². The Balaban J connectivity index is 2.29. The van der Waals surface area contributed by atoms with Gasteiger partial charge in [-0.3, -0.25) is 9.59 Å². The van der Waals surface area contributed by atoms with Gasteiger partial charge in [-0.2, -0.15) is 0 Å². The lowest BCUT2D eigenvalue weighted by atomic mass is 10.3. The Labute approximate surface area is 69.4 Å². The summed E-state index contributed by atoms with van der Waals surface area (Å²) in [4.78, 5) is 20.8. The predicted octanol–water partition coefficient (Wildman–Crippen LogP) is -1.19. The van der Waals surface area contributed by atoms with Gasteiger partial charge >= 0.3 is 5.97 Å². The highest BCUT2D eigenvalue weighted by atomic mass is 16.4. The number of nitrogens with one attached hydrogen (secondary N) is 1. The minimum absolute atomic E-state index is 0.210. The number of hydrogen-bond acceptors (Lipinski definition) is 3. The molecule has 0 aromatic rings. The van der Waals surface area contributed by atoms with Crippen molar-refractivity contribution in [2.75, 3.05) is 6.54 Å². The molecule has 5 nitrogen and oxygen atoms in total. The fourth-order valence-corrected chi connectivity index (χ4v) is 1.19. The number of rotatable bonds is 3. The summed E-state index contributed by atoms with van der Waals surface area (Å²) in [6.45, 7) is 1.60. The van der Waals surface area contributed by atoms with Crippen LogP contribution in [0.15, 0.2) is 0 Å². The Bertz CT molecular complexity index is 215. The molecule has 68 valence electrons. The molecule has 1 rings (SSSR count). The van der Waals surface area contributed by atoms with Gasteiger partial charge in [0.15, 0.2) is 0 Å². The Morgan fingerprint density at radius 1 is 1.50 bits per heavy atom. The molecule has 5 heteroatoms. The Kier molecular flexibility index (Phi) is 2.32. The maximum Gasteiger partial charge on any atom is 0.309 e. The van der Waals surface area contributed by atoms with Gasteiger partial charge in [-0.15, -0.1) is 0 Å². The zero-order valence-corrected chi connectivity index (χ0v) is 6.65. The van der Waals surface area contributed by atoms with Crippen molar-refractivity contribution in [2.24, 2.45) is 11.8 Å². The van der Waals surface area contributed by atoms with Gasteiger partial charge in [-0.25, -0.2) is 0 Å². The monoisotopic (exact) mass is 173 g/mol. The van der Waals surface area contributed by atoms with E-state index in [1.807, 2.05) is 0 Å². The van der Waals surface area contributed by atoms with Gasteiger partial charge in [0, 0.05) is 19.4 Å². The topological polar surface area (TPSA) is 86.6 Å². The third kappa shape index (κ3) is 1.73. The van der Waals surface area contributed by atoms with Crippen molar-refractivity contribution in [3.05, 3.63) is 0 Å². The molecule has 0 saturated heterocycles. The summed E-state index contributed by atoms with van der Waals surface area (Å²) >= 11 is 0. The van der Waals surface area contributed by atoms with Crippen molar-refractivity contribution in [1.82, 2.24) is 5.32 Å². The molecule has 3 atom stereocenters. The van der Waals surface area contributed by atoms with Gasteiger partial charge < -0.3 is 15.5 Å². The van der Waals surface area contributed by atoms with E-state index in [1.54, 1.807) is 0 Å². The maximum absolute atomic E-state index is 10.4. The number of carboxylic acid groups (broad SMARTS) is 1. The maximum atomic E-state index is 10.4. The second-order valence-electron chi connectivity index (χ2n) is 2.96. The SMILES string of the molecule is CC(=O)NCC1C(O)C1C(=O)O. The van der Waals surface area contributed by atoms with E-state index in [1.165, 1.54) is 6.92 Å². The highest BCUT2D eigenvalue weighted by molar-refractivity contribution is 5.76. The predicted molar refractivity (Wildman–Crippen MR) is 39.3 cm³/mol. The van der Waals surface area contributed by atoms with Gasteiger partial charge in [0.25, 0.3) is 0 Å². The Morgan fingerprint density at radius 2 is 2.08 bits per heavy atom. The molecule has 1 saturated carbocycles. The van der Waals surface area contributed by atoms with E-state index < -0.39 is 18.0 Å². The molecule has 3 unspecified atom stereocenters. The second-order valence-corrected chi connectivity index (χ2v) is 2.96. The first-order valence-electron chi connectivity index (χ1n) is 3.69. The summed E-state index contributed by atoms with van der Waals surface area (Å²) < 4.78 is 0. The van der Waals surface area contributed by atoms with E-state index in [-0.39, 0.29) is 18.4 Å². The summed E-state index contributed by atoms with van der Waals surface area (Å²) in [5, 5.41) is 20.0. The fraction of sp³-hybridized carbons (Fsp3) is 0.714. The fourth-order valence-electron chi connectivity index (χ4n) is 1.19. The van der Waals surface area contributed by atoms with Crippen LogP contribution in [0.2, 0.25) is 0 Å².